The second-order valence-electron chi connectivity index (χ2n) is 7.00. The molecule has 0 spiro atoms. The third kappa shape index (κ3) is 1.83. The molecule has 3 aromatic rings. The Morgan fingerprint density at radius 1 is 0.720 bits per heavy atom. The average Bonchev–Trinajstić information content (AvgIpc) is 2.64. The Kier molecular flexibility index (Phi) is 2.82. The van der Waals surface area contributed by atoms with E-state index in [1.165, 1.54) is 16.8 Å². The quantitative estimate of drug-likeness (QED) is 0.652. The van der Waals surface area contributed by atoms with Gasteiger partial charge in [-0.15, -0.1) is 0 Å². The molecule has 0 N–H and O–H groups in total. The van der Waals surface area contributed by atoms with Crippen molar-refractivity contribution in [1.82, 2.24) is 0 Å². The molecule has 0 fully saturated rings. The summed E-state index contributed by atoms with van der Waals surface area (Å²) in [6, 6.07) is 5.13. The molecule has 0 unspecified atom stereocenters. The Bertz CT molecular complexity index is 1150. The predicted molar refractivity (Wildman–Crippen MR) is 96.0 cm³/mol. The maximum atomic E-state index is 12.2. The van der Waals surface area contributed by atoms with Gasteiger partial charge in [0.25, 0.3) is 0 Å². The van der Waals surface area contributed by atoms with Crippen LogP contribution < -0.4 is 26.6 Å². The van der Waals surface area contributed by atoms with Gasteiger partial charge in [-0.05, 0) is 54.5 Å². The van der Waals surface area contributed by atoms with Gasteiger partial charge in [-0.25, -0.2) is 0 Å². The first-order chi connectivity index (χ1) is 12.1. The summed E-state index contributed by atoms with van der Waals surface area (Å²) in [7, 11) is 0. The zero-order chi connectivity index (χ0) is 17.3. The van der Waals surface area contributed by atoms with E-state index in [0.717, 1.165) is 44.8 Å². The molecule has 25 heavy (non-hydrogen) atoms. The van der Waals surface area contributed by atoms with Crippen LogP contribution in [-0.4, -0.2) is 13.1 Å². The first-order valence-electron chi connectivity index (χ1n) is 8.61. The molecule has 0 aliphatic carbocycles. The molecule has 2 aliphatic heterocycles. The molecule has 0 saturated carbocycles. The Morgan fingerprint density at radius 3 is 1.88 bits per heavy atom. The highest BCUT2D eigenvalue weighted by atomic mass is 16.2. The van der Waals surface area contributed by atoms with Gasteiger partial charge in [0, 0.05) is 41.5 Å². The van der Waals surface area contributed by atoms with Crippen LogP contribution in [0.2, 0.25) is 0 Å². The lowest BCUT2D eigenvalue weighted by atomic mass is 9.83. The van der Waals surface area contributed by atoms with Gasteiger partial charge in [0.2, 0.25) is 21.7 Å². The van der Waals surface area contributed by atoms with E-state index in [1.54, 1.807) is 0 Å². The van der Waals surface area contributed by atoms with Crippen molar-refractivity contribution >= 4 is 5.69 Å². The van der Waals surface area contributed by atoms with Crippen molar-refractivity contribution < 1.29 is 0 Å². The van der Waals surface area contributed by atoms with Gasteiger partial charge in [0.05, 0.1) is 0 Å². The van der Waals surface area contributed by atoms with E-state index < -0.39 is 21.7 Å². The second kappa shape index (κ2) is 4.85. The van der Waals surface area contributed by atoms with Crippen molar-refractivity contribution in [3.05, 3.63) is 70.2 Å². The average molecular weight is 333 g/mol. The van der Waals surface area contributed by atoms with Gasteiger partial charge >= 0.3 is 0 Å². The van der Waals surface area contributed by atoms with Crippen LogP contribution in [0, 0.1) is 0 Å². The van der Waals surface area contributed by atoms with Crippen molar-refractivity contribution in [1.29, 1.82) is 0 Å². The van der Waals surface area contributed by atoms with E-state index in [9.17, 15) is 19.2 Å². The molecule has 0 bridgehead atoms. The van der Waals surface area contributed by atoms with Crippen molar-refractivity contribution in [2.45, 2.75) is 25.7 Å². The molecule has 0 radical (unpaired) electrons. The molecule has 0 aromatic heterocycles. The molecule has 0 saturated heterocycles. The molecule has 5 heteroatoms. The van der Waals surface area contributed by atoms with Crippen LogP contribution in [0.5, 0.6) is 0 Å². The molecular weight excluding hydrogens is 318 g/mol. The van der Waals surface area contributed by atoms with Crippen LogP contribution in [0.3, 0.4) is 0 Å². The summed E-state index contributed by atoms with van der Waals surface area (Å²) in [5.74, 6) is 0. The minimum Gasteiger partial charge on any atom is -0.371 e. The zero-order valence-electron chi connectivity index (χ0n) is 13.6. The second-order valence-corrected chi connectivity index (χ2v) is 7.00. The lowest BCUT2D eigenvalue weighted by molar-refractivity contribution is 0.634. The van der Waals surface area contributed by atoms with Gasteiger partial charge in [-0.1, -0.05) is 0 Å². The maximum Gasteiger partial charge on any atom is 0.235 e. The summed E-state index contributed by atoms with van der Waals surface area (Å²) in [6.45, 7) is 2.13. The standard InChI is InChI=1S/C20H15NO4/c22-14-9-13(18(14)23)16-15(19(24)20(16)25)12-7-10-3-1-5-21-6-2-4-11(8-12)17(10)21/h7-9H,1-6H2. The molecule has 0 atom stereocenters. The number of rotatable bonds is 2. The van der Waals surface area contributed by atoms with Crippen LogP contribution in [-0.2, 0) is 12.8 Å². The minimum atomic E-state index is -0.668. The van der Waals surface area contributed by atoms with E-state index in [1.807, 2.05) is 12.1 Å². The van der Waals surface area contributed by atoms with E-state index in [0.29, 0.717) is 11.1 Å². The fraction of sp³-hybridized carbons (Fsp3) is 0.300. The van der Waals surface area contributed by atoms with Gasteiger partial charge in [0.15, 0.2) is 0 Å². The maximum absolute atomic E-state index is 12.2. The Balaban J connectivity index is 1.72. The van der Waals surface area contributed by atoms with Crippen LogP contribution in [0.25, 0.3) is 22.3 Å². The minimum absolute atomic E-state index is 0.0950. The van der Waals surface area contributed by atoms with E-state index >= 15 is 0 Å². The summed E-state index contributed by atoms with van der Waals surface area (Å²) in [5, 5.41) is 0. The monoisotopic (exact) mass is 333 g/mol. The summed E-state index contributed by atoms with van der Waals surface area (Å²) in [5.41, 5.74) is 2.46. The third-order valence-electron chi connectivity index (χ3n) is 5.54. The summed E-state index contributed by atoms with van der Waals surface area (Å²) in [4.78, 5) is 49.5. The largest absolute Gasteiger partial charge is 0.371 e. The SMILES string of the molecule is O=c1cc(-c2c(-c3cc4c5c(c3)CCCN5CCC4)c(=O)c2=O)c1=O. The highest BCUT2D eigenvalue weighted by Crippen LogP contribution is 2.39. The van der Waals surface area contributed by atoms with Gasteiger partial charge in [-0.3, -0.25) is 19.2 Å². The normalized spacial score (nSPS) is 16.4. The number of anilines is 1. The molecule has 2 heterocycles. The van der Waals surface area contributed by atoms with Crippen LogP contribution in [0.1, 0.15) is 24.0 Å². The van der Waals surface area contributed by atoms with Gasteiger partial charge in [-0.2, -0.15) is 0 Å². The highest BCUT2D eigenvalue weighted by Gasteiger charge is 2.30. The Morgan fingerprint density at radius 2 is 1.32 bits per heavy atom. The molecule has 2 aliphatic rings. The van der Waals surface area contributed by atoms with Crippen LogP contribution >= 0.6 is 0 Å². The molecule has 3 aromatic carbocycles. The van der Waals surface area contributed by atoms with Gasteiger partial charge < -0.3 is 4.90 Å². The fourth-order valence-corrected chi connectivity index (χ4v) is 4.37. The number of nitrogens with zero attached hydrogens (tertiary/aromatic N) is 1. The topological polar surface area (TPSA) is 71.5 Å². The Hall–Kier alpha value is -2.82. The lowest BCUT2D eigenvalue weighted by Crippen LogP contribution is -2.41. The van der Waals surface area contributed by atoms with E-state index in [-0.39, 0.29) is 11.1 Å². The summed E-state index contributed by atoms with van der Waals surface area (Å²) in [6.07, 6.45) is 4.06. The van der Waals surface area contributed by atoms with Crippen molar-refractivity contribution in [2.75, 3.05) is 18.0 Å². The van der Waals surface area contributed by atoms with Crippen molar-refractivity contribution in [2.24, 2.45) is 0 Å². The predicted octanol–water partition coefficient (Wildman–Crippen LogP) is 0.911. The molecule has 5 rings (SSSR count). The molecule has 5 nitrogen and oxygen atoms in total. The van der Waals surface area contributed by atoms with Crippen LogP contribution in [0.4, 0.5) is 5.69 Å². The van der Waals surface area contributed by atoms with Gasteiger partial charge in [0.1, 0.15) is 0 Å². The number of benzene rings is 1. The number of aryl methyl sites for hydroxylation is 2. The smallest absolute Gasteiger partial charge is 0.235 e. The molecule has 124 valence electrons. The van der Waals surface area contributed by atoms with Crippen molar-refractivity contribution in [3.63, 3.8) is 0 Å². The lowest BCUT2D eigenvalue weighted by Gasteiger charge is -2.37. The number of hydrogen-bond donors (Lipinski definition) is 0. The van der Waals surface area contributed by atoms with Crippen LogP contribution in [0.15, 0.2) is 37.4 Å². The van der Waals surface area contributed by atoms with Crippen molar-refractivity contribution in [3.8, 4) is 22.3 Å². The van der Waals surface area contributed by atoms with E-state index in [4.69, 9.17) is 0 Å². The summed E-state index contributed by atoms with van der Waals surface area (Å²) < 4.78 is 0. The first kappa shape index (κ1) is 14.5. The zero-order valence-corrected chi connectivity index (χ0v) is 13.6. The number of hydrogen-bond acceptors (Lipinski definition) is 5. The fourth-order valence-electron chi connectivity index (χ4n) is 4.37. The van der Waals surface area contributed by atoms with E-state index in [2.05, 4.69) is 4.90 Å². The summed E-state index contributed by atoms with van der Waals surface area (Å²) >= 11 is 0. The Labute approximate surface area is 142 Å². The third-order valence-corrected chi connectivity index (χ3v) is 5.54. The first-order valence-corrected chi connectivity index (χ1v) is 8.61. The molecular formula is C20H15NO4. The molecule has 0 amide bonds. The highest BCUT2D eigenvalue weighted by molar-refractivity contribution is 5.89.